The van der Waals surface area contributed by atoms with Crippen molar-refractivity contribution in [2.75, 3.05) is 26.3 Å². The Labute approximate surface area is 129 Å². The molecule has 1 amide bonds. The van der Waals surface area contributed by atoms with E-state index in [0.717, 1.165) is 15.8 Å². The highest BCUT2D eigenvalue weighted by molar-refractivity contribution is 7.16. The van der Waals surface area contributed by atoms with Crippen molar-refractivity contribution < 1.29 is 9.53 Å². The van der Waals surface area contributed by atoms with E-state index in [1.807, 2.05) is 30.9 Å². The molecule has 0 bridgehead atoms. The van der Waals surface area contributed by atoms with E-state index < -0.39 is 0 Å². The zero-order valence-electron chi connectivity index (χ0n) is 11.9. The molecular formula is C14H21ClN2O2S. The Morgan fingerprint density at radius 2 is 2.30 bits per heavy atom. The number of nitrogens with zero attached hydrogens (tertiary/aromatic N) is 1. The Balaban J connectivity index is 2.01. The molecule has 0 spiro atoms. The van der Waals surface area contributed by atoms with Crippen LogP contribution >= 0.6 is 22.9 Å². The van der Waals surface area contributed by atoms with Crippen LogP contribution < -0.4 is 5.32 Å². The van der Waals surface area contributed by atoms with Crippen molar-refractivity contribution in [3.8, 4) is 0 Å². The normalized spacial score (nSPS) is 22.1. The molecule has 2 heterocycles. The number of likely N-dealkylation sites (N-methyl/N-ethyl adjacent to an activating group) is 1. The van der Waals surface area contributed by atoms with Crippen molar-refractivity contribution in [2.24, 2.45) is 5.92 Å². The van der Waals surface area contributed by atoms with Gasteiger partial charge in [0.15, 0.2) is 0 Å². The van der Waals surface area contributed by atoms with Gasteiger partial charge in [0.25, 0.3) is 0 Å². The van der Waals surface area contributed by atoms with Crippen LogP contribution in [0.5, 0.6) is 0 Å². The highest BCUT2D eigenvalue weighted by Gasteiger charge is 2.35. The molecule has 6 heteroatoms. The topological polar surface area (TPSA) is 41.6 Å². The third-order valence-corrected chi connectivity index (χ3v) is 4.75. The number of nitrogens with one attached hydrogen (secondary N) is 1. The standard InChI is InChI=1S/C14H21ClN2O2S/c1-3-16-12-9-19-8-11(12)14(18)17(4-2)7-10-5-6-13(15)20-10/h5-6,11-12,16H,3-4,7-9H2,1-2H3. The fraction of sp³-hybridized carbons (Fsp3) is 0.643. The van der Waals surface area contributed by atoms with E-state index in [1.165, 1.54) is 11.3 Å². The molecule has 1 aromatic heterocycles. The van der Waals surface area contributed by atoms with Crippen LogP contribution in [-0.4, -0.2) is 43.2 Å². The molecule has 2 unspecified atom stereocenters. The molecule has 2 atom stereocenters. The minimum atomic E-state index is -0.0784. The summed E-state index contributed by atoms with van der Waals surface area (Å²) in [6, 6.07) is 3.99. The molecule has 1 fully saturated rings. The number of amides is 1. The van der Waals surface area contributed by atoms with Gasteiger partial charge in [-0.25, -0.2) is 0 Å². The van der Waals surface area contributed by atoms with E-state index in [1.54, 1.807) is 0 Å². The lowest BCUT2D eigenvalue weighted by Crippen LogP contribution is -2.45. The number of ether oxygens (including phenoxy) is 1. The lowest BCUT2D eigenvalue weighted by molar-refractivity contribution is -0.136. The molecule has 1 aliphatic heterocycles. The summed E-state index contributed by atoms with van der Waals surface area (Å²) in [5.74, 6) is 0.0887. The van der Waals surface area contributed by atoms with E-state index in [4.69, 9.17) is 16.3 Å². The number of carbonyl (C=O) groups is 1. The van der Waals surface area contributed by atoms with Gasteiger partial charge in [-0.3, -0.25) is 4.79 Å². The van der Waals surface area contributed by atoms with Crippen LogP contribution in [0.1, 0.15) is 18.7 Å². The van der Waals surface area contributed by atoms with Gasteiger partial charge in [0.05, 0.1) is 30.0 Å². The zero-order valence-corrected chi connectivity index (χ0v) is 13.5. The number of hydrogen-bond donors (Lipinski definition) is 1. The molecule has 1 N–H and O–H groups in total. The SMILES string of the molecule is CCNC1COCC1C(=O)N(CC)Cc1ccc(Cl)s1. The van der Waals surface area contributed by atoms with Gasteiger partial charge >= 0.3 is 0 Å². The van der Waals surface area contributed by atoms with Crippen molar-refractivity contribution in [2.45, 2.75) is 26.4 Å². The minimum absolute atomic E-state index is 0.0784. The van der Waals surface area contributed by atoms with Gasteiger partial charge in [-0.15, -0.1) is 11.3 Å². The summed E-state index contributed by atoms with van der Waals surface area (Å²) in [7, 11) is 0. The summed E-state index contributed by atoms with van der Waals surface area (Å²) in [5.41, 5.74) is 0. The second-order valence-corrected chi connectivity index (χ2v) is 6.67. The number of carbonyl (C=O) groups excluding carboxylic acids is 1. The van der Waals surface area contributed by atoms with Gasteiger partial charge in [-0.1, -0.05) is 18.5 Å². The second-order valence-electron chi connectivity index (χ2n) is 4.87. The third-order valence-electron chi connectivity index (χ3n) is 3.53. The lowest BCUT2D eigenvalue weighted by atomic mass is 10.0. The number of hydrogen-bond acceptors (Lipinski definition) is 4. The maximum Gasteiger partial charge on any atom is 0.230 e. The monoisotopic (exact) mass is 316 g/mol. The fourth-order valence-corrected chi connectivity index (χ4v) is 3.57. The van der Waals surface area contributed by atoms with E-state index in [2.05, 4.69) is 5.32 Å². The Hall–Kier alpha value is -0.620. The maximum atomic E-state index is 12.7. The zero-order chi connectivity index (χ0) is 14.5. The van der Waals surface area contributed by atoms with Crippen LogP contribution in [-0.2, 0) is 16.1 Å². The molecule has 1 saturated heterocycles. The van der Waals surface area contributed by atoms with Gasteiger partial charge in [-0.2, -0.15) is 0 Å². The lowest BCUT2D eigenvalue weighted by Gasteiger charge is -2.26. The first kappa shape index (κ1) is 15.8. The summed E-state index contributed by atoms with van der Waals surface area (Å²) in [4.78, 5) is 15.6. The predicted molar refractivity (Wildman–Crippen MR) is 82.2 cm³/mol. The largest absolute Gasteiger partial charge is 0.379 e. The van der Waals surface area contributed by atoms with Gasteiger partial charge < -0.3 is 15.0 Å². The average molecular weight is 317 g/mol. The van der Waals surface area contributed by atoms with Gasteiger partial charge in [0.2, 0.25) is 5.91 Å². The fourth-order valence-electron chi connectivity index (χ4n) is 2.47. The van der Waals surface area contributed by atoms with Crippen LogP contribution in [0.15, 0.2) is 12.1 Å². The smallest absolute Gasteiger partial charge is 0.230 e. The van der Waals surface area contributed by atoms with Crippen molar-refractivity contribution in [3.05, 3.63) is 21.3 Å². The van der Waals surface area contributed by atoms with E-state index >= 15 is 0 Å². The Morgan fingerprint density at radius 3 is 2.90 bits per heavy atom. The number of rotatable bonds is 6. The van der Waals surface area contributed by atoms with Crippen LogP contribution in [0.25, 0.3) is 0 Å². The van der Waals surface area contributed by atoms with Crippen LogP contribution in [0.4, 0.5) is 0 Å². The van der Waals surface area contributed by atoms with E-state index in [0.29, 0.717) is 26.3 Å². The highest BCUT2D eigenvalue weighted by atomic mass is 35.5. The molecule has 112 valence electrons. The van der Waals surface area contributed by atoms with Gasteiger partial charge in [0.1, 0.15) is 0 Å². The molecular weight excluding hydrogens is 296 g/mol. The van der Waals surface area contributed by atoms with Crippen LogP contribution in [0.3, 0.4) is 0 Å². The molecule has 2 rings (SSSR count). The first-order valence-electron chi connectivity index (χ1n) is 6.99. The molecule has 20 heavy (non-hydrogen) atoms. The molecule has 1 aliphatic rings. The van der Waals surface area contributed by atoms with Crippen molar-refractivity contribution in [1.29, 1.82) is 0 Å². The maximum absolute atomic E-state index is 12.7. The summed E-state index contributed by atoms with van der Waals surface area (Å²) in [6.45, 7) is 7.36. The Bertz CT molecular complexity index is 452. The molecule has 0 radical (unpaired) electrons. The van der Waals surface area contributed by atoms with Crippen LogP contribution in [0.2, 0.25) is 4.34 Å². The first-order valence-corrected chi connectivity index (χ1v) is 8.19. The summed E-state index contributed by atoms with van der Waals surface area (Å²) in [6.07, 6.45) is 0. The molecule has 0 aromatic carbocycles. The van der Waals surface area contributed by atoms with E-state index in [-0.39, 0.29) is 17.9 Å². The average Bonchev–Trinajstić information content (AvgIpc) is 3.05. The molecule has 0 saturated carbocycles. The van der Waals surface area contributed by atoms with Gasteiger partial charge in [-0.05, 0) is 25.6 Å². The van der Waals surface area contributed by atoms with Crippen molar-refractivity contribution >= 4 is 28.8 Å². The third kappa shape index (κ3) is 3.73. The number of thiophene rings is 1. The number of halogens is 1. The summed E-state index contributed by atoms with van der Waals surface area (Å²) < 4.78 is 6.23. The Morgan fingerprint density at radius 1 is 1.50 bits per heavy atom. The van der Waals surface area contributed by atoms with E-state index in [9.17, 15) is 4.79 Å². The molecule has 1 aromatic rings. The predicted octanol–water partition coefficient (Wildman–Crippen LogP) is 2.37. The van der Waals surface area contributed by atoms with Crippen molar-refractivity contribution in [3.63, 3.8) is 0 Å². The molecule has 4 nitrogen and oxygen atoms in total. The summed E-state index contributed by atoms with van der Waals surface area (Å²) in [5, 5.41) is 3.33. The highest BCUT2D eigenvalue weighted by Crippen LogP contribution is 2.24. The quantitative estimate of drug-likeness (QED) is 0.876. The molecule has 0 aliphatic carbocycles. The van der Waals surface area contributed by atoms with Gasteiger partial charge in [0, 0.05) is 17.5 Å². The summed E-state index contributed by atoms with van der Waals surface area (Å²) >= 11 is 7.47. The second kappa shape index (κ2) is 7.41. The van der Waals surface area contributed by atoms with Crippen molar-refractivity contribution in [1.82, 2.24) is 10.2 Å². The minimum Gasteiger partial charge on any atom is -0.379 e. The first-order chi connectivity index (χ1) is 9.65. The van der Waals surface area contributed by atoms with Crippen LogP contribution in [0, 0.1) is 5.92 Å². The Kier molecular flexibility index (Phi) is 5.84.